The van der Waals surface area contributed by atoms with Gasteiger partial charge >= 0.3 is 5.97 Å². The highest BCUT2D eigenvalue weighted by molar-refractivity contribution is 7.98. The van der Waals surface area contributed by atoms with Gasteiger partial charge in [-0.3, -0.25) is 14.2 Å². The van der Waals surface area contributed by atoms with Gasteiger partial charge in [-0.25, -0.2) is 9.79 Å². The zero-order valence-electron chi connectivity index (χ0n) is 24.2. The molecule has 222 valence electrons. The summed E-state index contributed by atoms with van der Waals surface area (Å²) < 4.78 is 14.8. The van der Waals surface area contributed by atoms with Gasteiger partial charge in [-0.05, 0) is 49.9 Å². The predicted octanol–water partition coefficient (Wildman–Crippen LogP) is 3.33. The Hall–Kier alpha value is -3.93. The monoisotopic (exact) mass is 616 g/mol. The second-order valence-corrected chi connectivity index (χ2v) is 12.2. The first-order valence-electron chi connectivity index (χ1n) is 14.2. The molecule has 6 rings (SSSR count). The summed E-state index contributed by atoms with van der Waals surface area (Å²) in [4.78, 5) is 48.5. The van der Waals surface area contributed by atoms with Crippen LogP contribution in [0.25, 0.3) is 17.0 Å². The number of para-hydroxylation sites is 1. The lowest BCUT2D eigenvalue weighted by Gasteiger charge is -2.27. The first-order valence-corrected chi connectivity index (χ1v) is 16.2. The fourth-order valence-corrected chi connectivity index (χ4v) is 7.06. The molecule has 1 amide bonds. The van der Waals surface area contributed by atoms with Gasteiger partial charge in [0.1, 0.15) is 6.54 Å². The molecule has 2 aliphatic rings. The second kappa shape index (κ2) is 12.4. The average Bonchev–Trinajstić information content (AvgIpc) is 3.53. The fraction of sp³-hybridized carbons (Fsp3) is 0.312. The third kappa shape index (κ3) is 5.60. The zero-order valence-corrected chi connectivity index (χ0v) is 25.9. The number of carbonyl (C=O) groups excluding carboxylic acids is 2. The molecule has 11 heteroatoms. The SMILES string of the molecule is CCOC(=O)C1=C(C)N=c2s/c(=C/c3cn(CC(=O)N4CCOCC4)c4ccccc34)c(=O)n2[C@H]1c1ccc(SC)cc1. The van der Waals surface area contributed by atoms with Crippen LogP contribution in [0, 0.1) is 0 Å². The number of allylic oxidation sites excluding steroid dienone is 1. The van der Waals surface area contributed by atoms with Gasteiger partial charge in [-0.2, -0.15) is 0 Å². The third-order valence-corrected chi connectivity index (χ3v) is 9.45. The number of morpholine rings is 1. The van der Waals surface area contributed by atoms with Gasteiger partial charge < -0.3 is 18.9 Å². The molecule has 0 unspecified atom stereocenters. The number of nitrogens with zero attached hydrogens (tertiary/aromatic N) is 4. The van der Waals surface area contributed by atoms with Crippen LogP contribution in [0.15, 0.2) is 80.7 Å². The van der Waals surface area contributed by atoms with Crippen LogP contribution in [-0.2, 0) is 25.6 Å². The molecule has 0 aliphatic carbocycles. The van der Waals surface area contributed by atoms with Crippen LogP contribution in [0.1, 0.15) is 31.0 Å². The number of fused-ring (bicyclic) bond motifs is 2. The molecular weight excluding hydrogens is 585 g/mol. The fourth-order valence-electron chi connectivity index (χ4n) is 5.61. The minimum absolute atomic E-state index is 0.0319. The molecule has 0 spiro atoms. The lowest BCUT2D eigenvalue weighted by Crippen LogP contribution is -2.42. The number of hydrogen-bond donors (Lipinski definition) is 0. The van der Waals surface area contributed by atoms with E-state index in [0.717, 1.165) is 26.9 Å². The number of aromatic nitrogens is 2. The number of hydrogen-bond acceptors (Lipinski definition) is 8. The summed E-state index contributed by atoms with van der Waals surface area (Å²) in [6.07, 6.45) is 5.79. The van der Waals surface area contributed by atoms with E-state index >= 15 is 0 Å². The number of ether oxygens (including phenoxy) is 2. The maximum atomic E-state index is 14.1. The Bertz CT molecular complexity index is 1910. The van der Waals surface area contributed by atoms with Gasteiger partial charge in [-0.15, -0.1) is 11.8 Å². The van der Waals surface area contributed by atoms with Crippen LogP contribution in [-0.4, -0.2) is 65.1 Å². The van der Waals surface area contributed by atoms with Crippen LogP contribution in [0.4, 0.5) is 0 Å². The molecule has 4 heterocycles. The van der Waals surface area contributed by atoms with Crippen LogP contribution in [0.2, 0.25) is 0 Å². The molecule has 2 aromatic heterocycles. The summed E-state index contributed by atoms with van der Waals surface area (Å²) in [5.41, 5.74) is 3.20. The van der Waals surface area contributed by atoms with E-state index in [1.807, 2.05) is 76.5 Å². The minimum Gasteiger partial charge on any atom is -0.463 e. The van der Waals surface area contributed by atoms with Crippen LogP contribution < -0.4 is 14.9 Å². The number of thioether (sulfide) groups is 1. The van der Waals surface area contributed by atoms with E-state index in [4.69, 9.17) is 14.5 Å². The maximum Gasteiger partial charge on any atom is 0.338 e. The van der Waals surface area contributed by atoms with E-state index in [1.54, 1.807) is 30.2 Å². The topological polar surface area (TPSA) is 95.1 Å². The molecule has 1 fully saturated rings. The molecule has 0 N–H and O–H groups in total. The van der Waals surface area contributed by atoms with Crippen LogP contribution >= 0.6 is 23.1 Å². The molecule has 2 aromatic carbocycles. The van der Waals surface area contributed by atoms with Crippen molar-refractivity contribution in [2.75, 3.05) is 39.2 Å². The Kier molecular flexibility index (Phi) is 8.38. The molecule has 0 radical (unpaired) electrons. The van der Waals surface area contributed by atoms with Crippen molar-refractivity contribution in [3.05, 3.63) is 96.8 Å². The predicted molar refractivity (Wildman–Crippen MR) is 168 cm³/mol. The lowest BCUT2D eigenvalue weighted by molar-refractivity contribution is -0.139. The van der Waals surface area contributed by atoms with Crippen molar-refractivity contribution in [3.63, 3.8) is 0 Å². The van der Waals surface area contributed by atoms with E-state index < -0.39 is 12.0 Å². The highest BCUT2D eigenvalue weighted by Gasteiger charge is 2.33. The van der Waals surface area contributed by atoms with E-state index in [1.165, 1.54) is 11.3 Å². The van der Waals surface area contributed by atoms with Crippen molar-refractivity contribution in [3.8, 4) is 0 Å². The molecule has 1 atom stereocenters. The van der Waals surface area contributed by atoms with E-state index in [0.29, 0.717) is 46.9 Å². The summed E-state index contributed by atoms with van der Waals surface area (Å²) >= 11 is 2.91. The molecule has 43 heavy (non-hydrogen) atoms. The van der Waals surface area contributed by atoms with Gasteiger partial charge in [0.15, 0.2) is 4.80 Å². The number of benzene rings is 2. The number of esters is 1. The van der Waals surface area contributed by atoms with Crippen molar-refractivity contribution in [1.82, 2.24) is 14.0 Å². The number of amides is 1. The maximum absolute atomic E-state index is 14.1. The summed E-state index contributed by atoms with van der Waals surface area (Å²) in [6, 6.07) is 15.1. The first kappa shape index (κ1) is 29.2. The molecule has 2 aliphatic heterocycles. The zero-order chi connectivity index (χ0) is 30.1. The van der Waals surface area contributed by atoms with Gasteiger partial charge in [0.2, 0.25) is 5.91 Å². The Labute approximate surface area is 256 Å². The van der Waals surface area contributed by atoms with Crippen molar-refractivity contribution in [1.29, 1.82) is 0 Å². The molecule has 0 saturated carbocycles. The quantitative estimate of drug-likeness (QED) is 0.234. The van der Waals surface area contributed by atoms with E-state index in [2.05, 4.69) is 0 Å². The van der Waals surface area contributed by atoms with Crippen molar-refractivity contribution in [2.45, 2.75) is 31.3 Å². The lowest BCUT2D eigenvalue weighted by atomic mass is 9.96. The summed E-state index contributed by atoms with van der Waals surface area (Å²) in [6.45, 7) is 6.22. The molecular formula is C32H32N4O5S2. The van der Waals surface area contributed by atoms with Crippen LogP contribution in [0.3, 0.4) is 0 Å². The van der Waals surface area contributed by atoms with Crippen molar-refractivity contribution >= 4 is 52.0 Å². The Morgan fingerprint density at radius 3 is 2.60 bits per heavy atom. The van der Waals surface area contributed by atoms with Crippen LogP contribution in [0.5, 0.6) is 0 Å². The van der Waals surface area contributed by atoms with Gasteiger partial charge in [0.25, 0.3) is 5.56 Å². The Morgan fingerprint density at radius 2 is 1.88 bits per heavy atom. The number of rotatable bonds is 7. The van der Waals surface area contributed by atoms with Crippen molar-refractivity contribution < 1.29 is 19.1 Å². The normalized spacial score (nSPS) is 17.2. The first-order chi connectivity index (χ1) is 20.9. The molecule has 1 saturated heterocycles. The summed E-state index contributed by atoms with van der Waals surface area (Å²) in [7, 11) is 0. The molecule has 0 bridgehead atoms. The van der Waals surface area contributed by atoms with E-state index in [-0.39, 0.29) is 24.6 Å². The second-order valence-electron chi connectivity index (χ2n) is 10.3. The Balaban J connectivity index is 1.46. The minimum atomic E-state index is -0.666. The smallest absolute Gasteiger partial charge is 0.338 e. The van der Waals surface area contributed by atoms with Gasteiger partial charge in [0.05, 0.1) is 41.7 Å². The molecule has 9 nitrogen and oxygen atoms in total. The highest BCUT2D eigenvalue weighted by atomic mass is 32.2. The third-order valence-electron chi connectivity index (χ3n) is 7.72. The summed E-state index contributed by atoms with van der Waals surface area (Å²) in [5.74, 6) is -0.450. The van der Waals surface area contributed by atoms with E-state index in [9.17, 15) is 14.4 Å². The number of carbonyl (C=O) groups is 2. The molecule has 4 aromatic rings. The highest BCUT2D eigenvalue weighted by Crippen LogP contribution is 2.32. The average molecular weight is 617 g/mol. The van der Waals surface area contributed by atoms with Gasteiger partial charge in [0, 0.05) is 40.6 Å². The standard InChI is InChI=1S/C32H32N4O5S2/c1-4-41-31(39)28-20(2)33-32-36(29(28)21-9-11-23(42-3)12-10-21)30(38)26(43-32)17-22-18-35(25-8-6-5-7-24(22)25)19-27(37)34-13-15-40-16-14-34/h5-12,17-18,29H,4,13-16,19H2,1-3H3/b26-17+/t29-/m0/s1. The number of thiazole rings is 1. The largest absolute Gasteiger partial charge is 0.463 e. The van der Waals surface area contributed by atoms with Gasteiger partial charge in [-0.1, -0.05) is 41.7 Å². The Morgan fingerprint density at radius 1 is 1.14 bits per heavy atom. The summed E-state index contributed by atoms with van der Waals surface area (Å²) in [5, 5.41) is 0.940. The van der Waals surface area contributed by atoms with Crippen molar-refractivity contribution in [2.24, 2.45) is 4.99 Å².